The SMILES string of the molecule is O=C(C=Cc1ccc(-c2ccc(Cl)cc2)o1)NC(=S)Nc1ccc(N2CCN(Cc3ccccc3F)CC2)cc1. The zero-order valence-corrected chi connectivity index (χ0v) is 23.2. The van der Waals surface area contributed by atoms with Gasteiger partial charge in [-0.1, -0.05) is 29.8 Å². The third-order valence-electron chi connectivity index (χ3n) is 6.61. The number of hydrogen-bond donors (Lipinski definition) is 2. The van der Waals surface area contributed by atoms with Gasteiger partial charge in [-0.25, -0.2) is 4.39 Å². The van der Waals surface area contributed by atoms with Gasteiger partial charge in [0.25, 0.3) is 0 Å². The Morgan fingerprint density at radius 2 is 1.68 bits per heavy atom. The van der Waals surface area contributed by atoms with E-state index in [1.165, 1.54) is 12.1 Å². The molecule has 204 valence electrons. The maximum absolute atomic E-state index is 14.0. The Morgan fingerprint density at radius 3 is 2.40 bits per heavy atom. The van der Waals surface area contributed by atoms with Crippen molar-refractivity contribution in [3.63, 3.8) is 0 Å². The largest absolute Gasteiger partial charge is 0.457 e. The van der Waals surface area contributed by atoms with Crippen molar-refractivity contribution in [3.8, 4) is 11.3 Å². The van der Waals surface area contributed by atoms with Crippen LogP contribution in [0, 0.1) is 5.82 Å². The molecule has 4 aromatic rings. The van der Waals surface area contributed by atoms with Crippen LogP contribution in [0.5, 0.6) is 0 Å². The zero-order chi connectivity index (χ0) is 27.9. The Bertz CT molecular complexity index is 1500. The molecule has 2 heterocycles. The van der Waals surface area contributed by atoms with Crippen molar-refractivity contribution in [2.75, 3.05) is 36.4 Å². The van der Waals surface area contributed by atoms with Crippen molar-refractivity contribution in [3.05, 3.63) is 113 Å². The molecule has 0 spiro atoms. The van der Waals surface area contributed by atoms with Crippen LogP contribution in [0.3, 0.4) is 0 Å². The second kappa shape index (κ2) is 12.9. The van der Waals surface area contributed by atoms with E-state index in [1.54, 1.807) is 30.3 Å². The molecule has 40 heavy (non-hydrogen) atoms. The number of amides is 1. The Hall–Kier alpha value is -3.98. The van der Waals surface area contributed by atoms with Crippen molar-refractivity contribution < 1.29 is 13.6 Å². The predicted molar refractivity (Wildman–Crippen MR) is 163 cm³/mol. The van der Waals surface area contributed by atoms with Crippen molar-refractivity contribution in [2.24, 2.45) is 0 Å². The highest BCUT2D eigenvalue weighted by Crippen LogP contribution is 2.24. The van der Waals surface area contributed by atoms with Crippen LogP contribution in [-0.2, 0) is 11.3 Å². The summed E-state index contributed by atoms with van der Waals surface area (Å²) in [7, 11) is 0. The molecule has 0 aliphatic carbocycles. The number of thiocarbonyl (C=S) groups is 1. The summed E-state index contributed by atoms with van der Waals surface area (Å²) in [5.41, 5.74) is 3.50. The van der Waals surface area contributed by atoms with Gasteiger partial charge in [0, 0.05) is 66.3 Å². The first-order valence-electron chi connectivity index (χ1n) is 12.9. The Labute approximate surface area is 243 Å². The predicted octanol–water partition coefficient (Wildman–Crippen LogP) is 6.59. The molecular formula is C31H28ClFN4O2S. The topological polar surface area (TPSA) is 60.8 Å². The number of anilines is 2. The van der Waals surface area contributed by atoms with E-state index in [1.807, 2.05) is 54.6 Å². The van der Waals surface area contributed by atoms with Gasteiger partial charge in [0.15, 0.2) is 5.11 Å². The molecule has 3 aromatic carbocycles. The number of hydrogen-bond acceptors (Lipinski definition) is 5. The lowest BCUT2D eigenvalue weighted by Crippen LogP contribution is -2.46. The fourth-order valence-electron chi connectivity index (χ4n) is 4.47. The lowest BCUT2D eigenvalue weighted by molar-refractivity contribution is -0.115. The van der Waals surface area contributed by atoms with Gasteiger partial charge >= 0.3 is 0 Å². The molecular weight excluding hydrogens is 547 g/mol. The van der Waals surface area contributed by atoms with Crippen LogP contribution < -0.4 is 15.5 Å². The molecule has 0 bridgehead atoms. The number of rotatable bonds is 7. The summed E-state index contributed by atoms with van der Waals surface area (Å²) in [5, 5.41) is 6.54. The number of nitrogens with one attached hydrogen (secondary N) is 2. The summed E-state index contributed by atoms with van der Waals surface area (Å²) in [4.78, 5) is 16.9. The van der Waals surface area contributed by atoms with E-state index < -0.39 is 0 Å². The van der Waals surface area contributed by atoms with Crippen molar-refractivity contribution >= 4 is 52.3 Å². The minimum atomic E-state index is -0.369. The van der Waals surface area contributed by atoms with Crippen molar-refractivity contribution in [2.45, 2.75) is 6.54 Å². The maximum atomic E-state index is 14.0. The van der Waals surface area contributed by atoms with Crippen molar-refractivity contribution in [1.82, 2.24) is 10.2 Å². The molecule has 1 amide bonds. The monoisotopic (exact) mass is 574 g/mol. The van der Waals surface area contributed by atoms with E-state index in [0.29, 0.717) is 23.1 Å². The van der Waals surface area contributed by atoms with Crippen LogP contribution in [-0.4, -0.2) is 42.1 Å². The van der Waals surface area contributed by atoms with Gasteiger partial charge in [0.1, 0.15) is 17.3 Å². The highest BCUT2D eigenvalue weighted by molar-refractivity contribution is 7.80. The third kappa shape index (κ3) is 7.35. The number of carbonyl (C=O) groups excluding carboxylic acids is 1. The van der Waals surface area contributed by atoms with E-state index in [4.69, 9.17) is 28.2 Å². The molecule has 0 atom stereocenters. The highest BCUT2D eigenvalue weighted by Gasteiger charge is 2.18. The first kappa shape index (κ1) is 27.6. The molecule has 6 nitrogen and oxygen atoms in total. The number of carbonyl (C=O) groups is 1. The fraction of sp³-hybridized carbons (Fsp3) is 0.161. The van der Waals surface area contributed by atoms with Crippen LogP contribution in [0.1, 0.15) is 11.3 Å². The van der Waals surface area contributed by atoms with Gasteiger partial charge in [-0.05, 0) is 85.0 Å². The third-order valence-corrected chi connectivity index (χ3v) is 7.06. The average Bonchev–Trinajstić information content (AvgIpc) is 3.44. The number of furan rings is 1. The van der Waals surface area contributed by atoms with E-state index in [2.05, 4.69) is 20.4 Å². The molecule has 5 rings (SSSR count). The lowest BCUT2D eigenvalue weighted by Gasteiger charge is -2.36. The maximum Gasteiger partial charge on any atom is 0.250 e. The lowest BCUT2D eigenvalue weighted by atomic mass is 10.1. The van der Waals surface area contributed by atoms with Crippen molar-refractivity contribution in [1.29, 1.82) is 0 Å². The first-order chi connectivity index (χ1) is 19.4. The second-order valence-corrected chi connectivity index (χ2v) is 10.2. The average molecular weight is 575 g/mol. The van der Waals surface area contributed by atoms with Crippen LogP contribution in [0.15, 0.2) is 95.4 Å². The van der Waals surface area contributed by atoms with Gasteiger partial charge in [-0.2, -0.15) is 0 Å². The molecule has 2 N–H and O–H groups in total. The summed E-state index contributed by atoms with van der Waals surface area (Å²) in [6.07, 6.45) is 2.95. The Kier molecular flexibility index (Phi) is 8.91. The molecule has 1 aliphatic heterocycles. The minimum absolute atomic E-state index is 0.153. The Balaban J connectivity index is 1.07. The van der Waals surface area contributed by atoms with Crippen LogP contribution >= 0.6 is 23.8 Å². The van der Waals surface area contributed by atoms with Gasteiger partial charge in [0.05, 0.1) is 0 Å². The number of piperazine rings is 1. The molecule has 1 aliphatic rings. The molecule has 0 unspecified atom stereocenters. The van der Waals surface area contributed by atoms with Crippen LogP contribution in [0.4, 0.5) is 15.8 Å². The van der Waals surface area contributed by atoms with Crippen LogP contribution in [0.25, 0.3) is 17.4 Å². The zero-order valence-electron chi connectivity index (χ0n) is 21.6. The quantitative estimate of drug-likeness (QED) is 0.192. The summed E-state index contributed by atoms with van der Waals surface area (Å²) in [5.74, 6) is 0.704. The summed E-state index contributed by atoms with van der Waals surface area (Å²) in [6, 6.07) is 25.8. The number of benzene rings is 3. The normalized spacial score (nSPS) is 13.9. The highest BCUT2D eigenvalue weighted by atomic mass is 35.5. The van der Waals surface area contributed by atoms with Gasteiger partial charge in [0.2, 0.25) is 5.91 Å². The van der Waals surface area contributed by atoms with Gasteiger partial charge < -0.3 is 14.6 Å². The van der Waals surface area contributed by atoms with Gasteiger partial charge in [-0.3, -0.25) is 15.0 Å². The molecule has 1 fully saturated rings. The van der Waals surface area contributed by atoms with Gasteiger partial charge in [-0.15, -0.1) is 0 Å². The summed E-state index contributed by atoms with van der Waals surface area (Å²) in [6.45, 7) is 4.06. The van der Waals surface area contributed by atoms with Crippen LogP contribution in [0.2, 0.25) is 5.02 Å². The molecule has 0 radical (unpaired) electrons. The molecule has 0 saturated carbocycles. The van der Waals surface area contributed by atoms with E-state index in [-0.39, 0.29) is 16.8 Å². The number of nitrogens with zero attached hydrogens (tertiary/aromatic N) is 2. The number of halogens is 2. The van der Waals surface area contributed by atoms with E-state index >= 15 is 0 Å². The second-order valence-electron chi connectivity index (χ2n) is 9.39. The molecule has 1 aromatic heterocycles. The van der Waals surface area contributed by atoms with E-state index in [0.717, 1.165) is 48.7 Å². The molecule has 9 heteroatoms. The smallest absolute Gasteiger partial charge is 0.250 e. The Morgan fingerprint density at radius 1 is 0.950 bits per heavy atom. The summed E-state index contributed by atoms with van der Waals surface area (Å²) < 4.78 is 19.8. The molecule has 1 saturated heterocycles. The standard InChI is InChI=1S/C31H28ClFN4O2S/c32-24-7-5-22(6-8-24)29-15-13-27(39-29)14-16-30(38)35-31(40)34-25-9-11-26(12-10-25)37-19-17-36(18-20-37)21-23-3-1-2-4-28(23)33/h1-16H,17-21H2,(H2,34,35,38,40). The van der Waals surface area contributed by atoms with E-state index in [9.17, 15) is 9.18 Å². The fourth-order valence-corrected chi connectivity index (χ4v) is 4.82. The summed E-state index contributed by atoms with van der Waals surface area (Å²) >= 11 is 11.2. The minimum Gasteiger partial charge on any atom is -0.457 e. The first-order valence-corrected chi connectivity index (χ1v) is 13.7.